The number of hydrogen-bond acceptors (Lipinski definition) is 5. The summed E-state index contributed by atoms with van der Waals surface area (Å²) in [6.45, 7) is 1.37. The number of anilines is 1. The first-order valence-electron chi connectivity index (χ1n) is 7.24. The average Bonchev–Trinajstić information content (AvgIpc) is 2.55. The van der Waals surface area contributed by atoms with Gasteiger partial charge in [0.25, 0.3) is 0 Å². The van der Waals surface area contributed by atoms with Crippen LogP contribution in [0.5, 0.6) is 0 Å². The van der Waals surface area contributed by atoms with Gasteiger partial charge in [-0.05, 0) is 25.0 Å². The number of β-amino-alcohol motifs (C(OH)–C–C–N with tert-alkyl or cyclic N) is 1. The van der Waals surface area contributed by atoms with Gasteiger partial charge < -0.3 is 15.1 Å². The zero-order chi connectivity index (χ0) is 15.5. The molecule has 3 rings (SSSR count). The zero-order valence-electron chi connectivity index (χ0n) is 12.0. The topological polar surface area (TPSA) is 86.5 Å². The lowest BCUT2D eigenvalue weighted by molar-refractivity contribution is 0.0697. The number of nitrogens with zero attached hydrogens (tertiary/aromatic N) is 3. The minimum atomic E-state index is -1.00. The second-order valence-electron chi connectivity index (χ2n) is 5.33. The third kappa shape index (κ3) is 2.92. The molecule has 1 atom stereocenters. The summed E-state index contributed by atoms with van der Waals surface area (Å²) in [5.74, 6) is 0.0949. The van der Waals surface area contributed by atoms with Gasteiger partial charge >= 0.3 is 5.97 Å². The van der Waals surface area contributed by atoms with Crippen molar-refractivity contribution < 1.29 is 15.0 Å². The highest BCUT2D eigenvalue weighted by Crippen LogP contribution is 2.24. The summed E-state index contributed by atoms with van der Waals surface area (Å²) < 4.78 is 0. The summed E-state index contributed by atoms with van der Waals surface area (Å²) in [5, 5.41) is 19.1. The van der Waals surface area contributed by atoms with Crippen LogP contribution in [0.25, 0.3) is 11.4 Å². The molecule has 1 fully saturated rings. The number of hydrogen-bond donors (Lipinski definition) is 2. The number of carbonyl (C=O) groups is 1. The molecule has 6 heteroatoms. The summed E-state index contributed by atoms with van der Waals surface area (Å²) in [5.41, 5.74) is 0.674. The van der Waals surface area contributed by atoms with Crippen LogP contribution in [-0.4, -0.2) is 45.3 Å². The van der Waals surface area contributed by atoms with Crippen molar-refractivity contribution in [3.8, 4) is 11.4 Å². The number of aliphatic hydroxyl groups is 1. The number of carboxylic acid groups (broad SMARTS) is 1. The molecular weight excluding hydrogens is 282 g/mol. The standard InChI is InChI=1S/C16H17N3O3/c20-11-4-3-9-19(10-11)14-7-8-17-15(18-14)12-5-1-2-6-13(12)16(21)22/h1-2,5-8,11,20H,3-4,9-10H2,(H,21,22)/t11-/m0/s1. The molecule has 1 aromatic carbocycles. The van der Waals surface area contributed by atoms with Crippen molar-refractivity contribution in [2.24, 2.45) is 0 Å². The Morgan fingerprint density at radius 2 is 2.09 bits per heavy atom. The van der Waals surface area contributed by atoms with E-state index in [-0.39, 0.29) is 11.7 Å². The number of aliphatic hydroxyl groups excluding tert-OH is 1. The molecule has 0 spiro atoms. The molecule has 2 heterocycles. The van der Waals surface area contributed by atoms with Crippen molar-refractivity contribution in [2.45, 2.75) is 18.9 Å². The molecule has 0 unspecified atom stereocenters. The van der Waals surface area contributed by atoms with Gasteiger partial charge in [0.1, 0.15) is 5.82 Å². The van der Waals surface area contributed by atoms with Crippen molar-refractivity contribution >= 4 is 11.8 Å². The Kier molecular flexibility index (Phi) is 4.02. The van der Waals surface area contributed by atoms with E-state index in [0.717, 1.165) is 19.4 Å². The summed E-state index contributed by atoms with van der Waals surface area (Å²) in [7, 11) is 0. The fourth-order valence-electron chi connectivity index (χ4n) is 2.68. The summed E-state index contributed by atoms with van der Waals surface area (Å²) in [6.07, 6.45) is 2.98. The van der Waals surface area contributed by atoms with E-state index in [2.05, 4.69) is 9.97 Å². The summed E-state index contributed by atoms with van der Waals surface area (Å²) in [4.78, 5) is 22.0. The van der Waals surface area contributed by atoms with Crippen LogP contribution in [0.15, 0.2) is 36.5 Å². The largest absolute Gasteiger partial charge is 0.478 e. The van der Waals surface area contributed by atoms with Crippen LogP contribution in [0.3, 0.4) is 0 Å². The van der Waals surface area contributed by atoms with Gasteiger partial charge in [-0.15, -0.1) is 0 Å². The van der Waals surface area contributed by atoms with Gasteiger partial charge in [0.2, 0.25) is 0 Å². The van der Waals surface area contributed by atoms with Gasteiger partial charge in [0, 0.05) is 24.8 Å². The Labute approximate surface area is 128 Å². The minimum Gasteiger partial charge on any atom is -0.478 e. The molecule has 0 aliphatic carbocycles. The van der Waals surface area contributed by atoms with Crippen LogP contribution in [0, 0.1) is 0 Å². The van der Waals surface area contributed by atoms with E-state index in [1.54, 1.807) is 36.5 Å². The maximum Gasteiger partial charge on any atom is 0.336 e. The maximum absolute atomic E-state index is 11.3. The molecule has 0 saturated carbocycles. The number of aromatic nitrogens is 2. The van der Waals surface area contributed by atoms with Crippen LogP contribution in [-0.2, 0) is 0 Å². The Hall–Kier alpha value is -2.47. The van der Waals surface area contributed by atoms with E-state index < -0.39 is 5.97 Å². The van der Waals surface area contributed by atoms with E-state index in [4.69, 9.17) is 0 Å². The number of carboxylic acids is 1. The molecular formula is C16H17N3O3. The molecule has 1 aromatic heterocycles. The summed E-state index contributed by atoms with van der Waals surface area (Å²) >= 11 is 0. The second-order valence-corrected chi connectivity index (χ2v) is 5.33. The van der Waals surface area contributed by atoms with Gasteiger partial charge in [0.15, 0.2) is 5.82 Å². The van der Waals surface area contributed by atoms with E-state index in [1.165, 1.54) is 0 Å². The van der Waals surface area contributed by atoms with Crippen molar-refractivity contribution in [2.75, 3.05) is 18.0 Å². The lowest BCUT2D eigenvalue weighted by Gasteiger charge is -2.31. The molecule has 0 bridgehead atoms. The lowest BCUT2D eigenvalue weighted by Crippen LogP contribution is -2.38. The SMILES string of the molecule is O=C(O)c1ccccc1-c1nccc(N2CCC[C@H](O)C2)n1. The predicted molar refractivity (Wildman–Crippen MR) is 81.9 cm³/mol. The number of rotatable bonds is 3. The molecule has 0 radical (unpaired) electrons. The third-order valence-corrected chi connectivity index (χ3v) is 3.76. The second kappa shape index (κ2) is 6.11. The minimum absolute atomic E-state index is 0.179. The maximum atomic E-state index is 11.3. The Bertz CT molecular complexity index is 690. The Morgan fingerprint density at radius 3 is 2.86 bits per heavy atom. The average molecular weight is 299 g/mol. The first kappa shape index (κ1) is 14.5. The van der Waals surface area contributed by atoms with Gasteiger partial charge in [-0.25, -0.2) is 14.8 Å². The van der Waals surface area contributed by atoms with Crippen LogP contribution in [0.1, 0.15) is 23.2 Å². The van der Waals surface area contributed by atoms with Crippen molar-refractivity contribution in [1.29, 1.82) is 0 Å². The van der Waals surface area contributed by atoms with E-state index in [0.29, 0.717) is 23.8 Å². The highest BCUT2D eigenvalue weighted by atomic mass is 16.4. The highest BCUT2D eigenvalue weighted by Gasteiger charge is 2.20. The fraction of sp³-hybridized carbons (Fsp3) is 0.312. The molecule has 0 amide bonds. The van der Waals surface area contributed by atoms with Crippen LogP contribution in [0.4, 0.5) is 5.82 Å². The monoisotopic (exact) mass is 299 g/mol. The van der Waals surface area contributed by atoms with Crippen LogP contribution < -0.4 is 4.90 Å². The first-order chi connectivity index (χ1) is 10.6. The smallest absolute Gasteiger partial charge is 0.336 e. The van der Waals surface area contributed by atoms with E-state index in [9.17, 15) is 15.0 Å². The molecule has 114 valence electrons. The van der Waals surface area contributed by atoms with Gasteiger partial charge in [-0.3, -0.25) is 0 Å². The third-order valence-electron chi connectivity index (χ3n) is 3.76. The number of piperidine rings is 1. The molecule has 2 N–H and O–H groups in total. The molecule has 1 aliphatic rings. The molecule has 2 aromatic rings. The Balaban J connectivity index is 1.96. The van der Waals surface area contributed by atoms with Gasteiger partial charge in [-0.2, -0.15) is 0 Å². The normalized spacial score (nSPS) is 18.2. The van der Waals surface area contributed by atoms with Gasteiger partial charge in [0.05, 0.1) is 11.7 Å². The zero-order valence-corrected chi connectivity index (χ0v) is 12.0. The first-order valence-corrected chi connectivity index (χ1v) is 7.24. The molecule has 1 saturated heterocycles. The quantitative estimate of drug-likeness (QED) is 0.898. The highest BCUT2D eigenvalue weighted by molar-refractivity contribution is 5.94. The lowest BCUT2D eigenvalue weighted by atomic mass is 10.1. The molecule has 22 heavy (non-hydrogen) atoms. The number of aromatic carboxylic acids is 1. The molecule has 1 aliphatic heterocycles. The number of benzene rings is 1. The van der Waals surface area contributed by atoms with E-state index >= 15 is 0 Å². The fourth-order valence-corrected chi connectivity index (χ4v) is 2.68. The van der Waals surface area contributed by atoms with Crippen LogP contribution in [0.2, 0.25) is 0 Å². The Morgan fingerprint density at radius 1 is 1.27 bits per heavy atom. The molecule has 6 nitrogen and oxygen atoms in total. The van der Waals surface area contributed by atoms with Gasteiger partial charge in [-0.1, -0.05) is 18.2 Å². The van der Waals surface area contributed by atoms with Crippen LogP contribution >= 0.6 is 0 Å². The van der Waals surface area contributed by atoms with Crippen molar-refractivity contribution in [3.63, 3.8) is 0 Å². The van der Waals surface area contributed by atoms with Crippen molar-refractivity contribution in [1.82, 2.24) is 9.97 Å². The van der Waals surface area contributed by atoms with E-state index in [1.807, 2.05) is 4.90 Å². The summed E-state index contributed by atoms with van der Waals surface area (Å²) in [6, 6.07) is 8.47. The van der Waals surface area contributed by atoms with Crippen molar-refractivity contribution in [3.05, 3.63) is 42.1 Å². The predicted octanol–water partition coefficient (Wildman–Crippen LogP) is 1.80.